The van der Waals surface area contributed by atoms with Crippen LogP contribution in [0.25, 0.3) is 22.3 Å². The van der Waals surface area contributed by atoms with Crippen LogP contribution in [-0.4, -0.2) is 23.9 Å². The van der Waals surface area contributed by atoms with Gasteiger partial charge in [-0.3, -0.25) is 0 Å². The fraction of sp³-hybridized carbons (Fsp3) is 0.143. The fourth-order valence-corrected chi connectivity index (χ4v) is 3.64. The van der Waals surface area contributed by atoms with Gasteiger partial charge in [0.15, 0.2) is 0 Å². The molecule has 0 aromatic heterocycles. The van der Waals surface area contributed by atoms with Crippen LogP contribution in [0.4, 0.5) is 0 Å². The van der Waals surface area contributed by atoms with Gasteiger partial charge >= 0.3 is 23.9 Å². The predicted molar refractivity (Wildman–Crippen MR) is 164 cm³/mol. The van der Waals surface area contributed by atoms with Crippen LogP contribution < -0.4 is 18.9 Å². The molecule has 0 aliphatic heterocycles. The van der Waals surface area contributed by atoms with Gasteiger partial charge < -0.3 is 18.9 Å². The molecule has 3 rings (SSSR count). The topological polar surface area (TPSA) is 105 Å². The molecule has 0 saturated heterocycles. The van der Waals surface area contributed by atoms with E-state index < -0.39 is 23.9 Å². The number of hydrogen-bond donors (Lipinski definition) is 0. The van der Waals surface area contributed by atoms with Gasteiger partial charge in [-0.1, -0.05) is 44.5 Å². The van der Waals surface area contributed by atoms with Crippen molar-refractivity contribution in [1.29, 1.82) is 0 Å². The van der Waals surface area contributed by atoms with E-state index in [0.717, 1.165) is 0 Å². The number of hydrogen-bond acceptors (Lipinski definition) is 8. The van der Waals surface area contributed by atoms with Crippen molar-refractivity contribution in [2.75, 3.05) is 0 Å². The zero-order chi connectivity index (χ0) is 32.0. The average molecular weight is 581 g/mol. The van der Waals surface area contributed by atoms with Crippen molar-refractivity contribution in [2.45, 2.75) is 34.6 Å². The summed E-state index contributed by atoms with van der Waals surface area (Å²) in [4.78, 5) is 49.5. The van der Waals surface area contributed by atoms with E-state index in [0.29, 0.717) is 33.6 Å². The second-order valence-corrected chi connectivity index (χ2v) is 10.0. The van der Waals surface area contributed by atoms with Gasteiger partial charge in [-0.05, 0) is 93.3 Å². The van der Waals surface area contributed by atoms with Gasteiger partial charge in [0, 0.05) is 22.3 Å². The molecule has 0 aliphatic rings. The highest BCUT2D eigenvalue weighted by Gasteiger charge is 2.23. The first-order valence-corrected chi connectivity index (χ1v) is 13.1. The van der Waals surface area contributed by atoms with E-state index in [1.54, 1.807) is 68.4 Å². The molecule has 0 radical (unpaired) electrons. The average Bonchev–Trinajstić information content (AvgIpc) is 2.93. The lowest BCUT2D eigenvalue weighted by Crippen LogP contribution is -2.13. The zero-order valence-corrected chi connectivity index (χ0v) is 24.8. The summed E-state index contributed by atoms with van der Waals surface area (Å²) >= 11 is 0. The lowest BCUT2D eigenvalue weighted by atomic mass is 9.95. The maximum Gasteiger partial charge on any atom is 0.338 e. The van der Waals surface area contributed by atoms with Crippen LogP contribution in [-0.2, 0) is 19.2 Å². The standard InChI is InChI=1S/C35H32O8/c1-19(2)32(36)40-26-12-10-24(11-13-26)25-17-29(42-34(38)21(5)6)31(30(18-25)43-35(39)22(7)8)28-15-14-27(16-23(28)9)41-33(37)20(3)4/h10-18H,1,3,5,7H2,2,4,6,8-9H3. The molecule has 43 heavy (non-hydrogen) atoms. The van der Waals surface area contributed by atoms with Crippen molar-refractivity contribution < 1.29 is 38.1 Å². The molecule has 3 aromatic carbocycles. The molecular formula is C35H32O8. The third-order valence-electron chi connectivity index (χ3n) is 5.94. The van der Waals surface area contributed by atoms with Gasteiger partial charge in [-0.15, -0.1) is 0 Å². The van der Waals surface area contributed by atoms with Gasteiger partial charge in [0.1, 0.15) is 23.0 Å². The molecule has 0 fully saturated rings. The van der Waals surface area contributed by atoms with Gasteiger partial charge in [-0.2, -0.15) is 0 Å². The lowest BCUT2D eigenvalue weighted by molar-refractivity contribution is -0.131. The predicted octanol–water partition coefficient (Wildman–Crippen LogP) is 7.26. The molecule has 0 bridgehead atoms. The Balaban J connectivity index is 2.23. The Kier molecular flexibility index (Phi) is 10.0. The van der Waals surface area contributed by atoms with Crippen molar-refractivity contribution in [3.63, 3.8) is 0 Å². The highest BCUT2D eigenvalue weighted by molar-refractivity contribution is 5.95. The summed E-state index contributed by atoms with van der Waals surface area (Å²) in [7, 11) is 0. The Morgan fingerprint density at radius 2 is 0.907 bits per heavy atom. The molecule has 0 atom stereocenters. The number of carbonyl (C=O) groups excluding carboxylic acids is 4. The highest BCUT2D eigenvalue weighted by Crippen LogP contribution is 2.45. The van der Waals surface area contributed by atoms with Crippen molar-refractivity contribution in [3.05, 3.63) is 109 Å². The number of rotatable bonds is 10. The SMILES string of the molecule is C=C(C)C(=O)Oc1ccc(-c2cc(OC(=O)C(=C)C)c(-c3ccc(OC(=O)C(=C)C)cc3C)c(OC(=O)C(=C)C)c2)cc1. The molecule has 220 valence electrons. The van der Waals surface area contributed by atoms with Crippen LogP contribution in [0.15, 0.2) is 103 Å². The van der Waals surface area contributed by atoms with E-state index in [4.69, 9.17) is 18.9 Å². The Bertz CT molecular complexity index is 1640. The van der Waals surface area contributed by atoms with E-state index >= 15 is 0 Å². The van der Waals surface area contributed by atoms with E-state index in [1.165, 1.54) is 20.8 Å². The van der Waals surface area contributed by atoms with Crippen molar-refractivity contribution in [2.24, 2.45) is 0 Å². The summed E-state index contributed by atoms with van der Waals surface area (Å²) in [6, 6.07) is 14.7. The first kappa shape index (κ1) is 32.0. The molecule has 0 spiro atoms. The fourth-order valence-electron chi connectivity index (χ4n) is 3.64. The van der Waals surface area contributed by atoms with E-state index in [9.17, 15) is 19.2 Å². The van der Waals surface area contributed by atoms with Gasteiger partial charge in [0.2, 0.25) is 0 Å². The third kappa shape index (κ3) is 8.04. The second-order valence-electron chi connectivity index (χ2n) is 10.0. The summed E-state index contributed by atoms with van der Waals surface area (Å²) < 4.78 is 22.2. The highest BCUT2D eigenvalue weighted by atomic mass is 16.6. The monoisotopic (exact) mass is 580 g/mol. The minimum atomic E-state index is -0.692. The maximum absolute atomic E-state index is 12.7. The van der Waals surface area contributed by atoms with Crippen LogP contribution in [0.1, 0.15) is 33.3 Å². The Morgan fingerprint density at radius 1 is 0.512 bits per heavy atom. The van der Waals surface area contributed by atoms with Crippen LogP contribution >= 0.6 is 0 Å². The van der Waals surface area contributed by atoms with Crippen molar-refractivity contribution in [1.82, 2.24) is 0 Å². The Hall–Kier alpha value is -5.50. The molecule has 0 aliphatic carbocycles. The van der Waals surface area contributed by atoms with Crippen LogP contribution in [0.5, 0.6) is 23.0 Å². The first-order chi connectivity index (χ1) is 20.2. The number of ether oxygens (including phenoxy) is 4. The molecule has 8 nitrogen and oxygen atoms in total. The minimum Gasteiger partial charge on any atom is -0.423 e. The van der Waals surface area contributed by atoms with Gasteiger partial charge in [-0.25, -0.2) is 19.2 Å². The van der Waals surface area contributed by atoms with Crippen molar-refractivity contribution >= 4 is 23.9 Å². The first-order valence-electron chi connectivity index (χ1n) is 13.1. The van der Waals surface area contributed by atoms with E-state index in [1.807, 2.05) is 0 Å². The molecule has 3 aromatic rings. The molecule has 0 saturated carbocycles. The van der Waals surface area contributed by atoms with Crippen LogP contribution in [0.2, 0.25) is 0 Å². The summed E-state index contributed by atoms with van der Waals surface area (Å²) in [5.41, 5.74) is 3.43. The molecule has 0 N–H and O–H groups in total. The number of benzene rings is 3. The quantitative estimate of drug-likeness (QED) is 0.140. The van der Waals surface area contributed by atoms with E-state index in [-0.39, 0.29) is 39.5 Å². The summed E-state index contributed by atoms with van der Waals surface area (Å²) in [5.74, 6) is -1.77. The molecule has 0 unspecified atom stereocenters. The second kappa shape index (κ2) is 13.4. The normalized spacial score (nSPS) is 10.3. The third-order valence-corrected chi connectivity index (χ3v) is 5.94. The Morgan fingerprint density at radius 3 is 1.33 bits per heavy atom. The minimum absolute atomic E-state index is 0.0857. The van der Waals surface area contributed by atoms with Gasteiger partial charge in [0.25, 0.3) is 0 Å². The number of carbonyl (C=O) groups is 4. The summed E-state index contributed by atoms with van der Waals surface area (Å²) in [5, 5.41) is 0. The van der Waals surface area contributed by atoms with Crippen LogP contribution in [0.3, 0.4) is 0 Å². The molecular weight excluding hydrogens is 548 g/mol. The van der Waals surface area contributed by atoms with E-state index in [2.05, 4.69) is 26.3 Å². The lowest BCUT2D eigenvalue weighted by Gasteiger charge is -2.19. The molecule has 0 amide bonds. The number of esters is 4. The Labute approximate surface area is 250 Å². The zero-order valence-electron chi connectivity index (χ0n) is 24.8. The summed E-state index contributed by atoms with van der Waals surface area (Å²) in [6.45, 7) is 22.4. The van der Waals surface area contributed by atoms with Gasteiger partial charge in [0.05, 0.1) is 5.56 Å². The molecule has 0 heterocycles. The van der Waals surface area contributed by atoms with Crippen LogP contribution in [0, 0.1) is 6.92 Å². The smallest absolute Gasteiger partial charge is 0.338 e. The maximum atomic E-state index is 12.7. The van der Waals surface area contributed by atoms with Crippen molar-refractivity contribution in [3.8, 4) is 45.3 Å². The summed E-state index contributed by atoms with van der Waals surface area (Å²) in [6.07, 6.45) is 0. The number of aryl methyl sites for hydroxylation is 1. The largest absolute Gasteiger partial charge is 0.423 e. The molecule has 8 heteroatoms.